The van der Waals surface area contributed by atoms with Crippen molar-refractivity contribution in [1.29, 1.82) is 0 Å². The number of anilines is 1. The minimum absolute atomic E-state index is 0.0721. The zero-order chi connectivity index (χ0) is 15.5. The van der Waals surface area contributed by atoms with Crippen LogP contribution >= 0.6 is 11.6 Å². The molecule has 0 amide bonds. The molecule has 1 aromatic carbocycles. The third-order valence-corrected chi connectivity index (χ3v) is 3.57. The monoisotopic (exact) mass is 306 g/mol. The Bertz CT molecular complexity index is 573. The SMILES string of the molecule is CN(Cc1ccoc1)c1c(Cl)cccc1CNC(C)(C)C. The maximum Gasteiger partial charge on any atom is 0.0952 e. The Labute approximate surface area is 131 Å². The van der Waals surface area contributed by atoms with Gasteiger partial charge in [0.05, 0.1) is 23.2 Å². The Morgan fingerprint density at radius 1 is 1.24 bits per heavy atom. The van der Waals surface area contributed by atoms with Gasteiger partial charge in [-0.15, -0.1) is 0 Å². The molecule has 1 heterocycles. The van der Waals surface area contributed by atoms with Gasteiger partial charge in [0.2, 0.25) is 0 Å². The lowest BCUT2D eigenvalue weighted by Gasteiger charge is -2.26. The highest BCUT2D eigenvalue weighted by Gasteiger charge is 2.15. The summed E-state index contributed by atoms with van der Waals surface area (Å²) in [5, 5.41) is 4.29. The number of para-hydroxylation sites is 1. The smallest absolute Gasteiger partial charge is 0.0952 e. The molecule has 4 heteroatoms. The summed E-state index contributed by atoms with van der Waals surface area (Å²) in [7, 11) is 2.05. The molecule has 3 nitrogen and oxygen atoms in total. The molecule has 0 aliphatic carbocycles. The van der Waals surface area contributed by atoms with E-state index in [1.54, 1.807) is 12.5 Å². The first-order chi connectivity index (χ1) is 9.87. The van der Waals surface area contributed by atoms with Crippen molar-refractivity contribution < 1.29 is 4.42 Å². The number of rotatable bonds is 5. The Kier molecular flexibility index (Phi) is 4.96. The highest BCUT2D eigenvalue weighted by Crippen LogP contribution is 2.30. The molecule has 1 N–H and O–H groups in total. The maximum absolute atomic E-state index is 6.42. The van der Waals surface area contributed by atoms with E-state index < -0.39 is 0 Å². The average molecular weight is 307 g/mol. The van der Waals surface area contributed by atoms with E-state index in [9.17, 15) is 0 Å². The summed E-state index contributed by atoms with van der Waals surface area (Å²) in [5.74, 6) is 0. The summed E-state index contributed by atoms with van der Waals surface area (Å²) >= 11 is 6.42. The molecule has 0 aliphatic rings. The first kappa shape index (κ1) is 15.9. The number of halogens is 1. The molecule has 114 valence electrons. The minimum Gasteiger partial charge on any atom is -0.472 e. The standard InChI is InChI=1S/C17H23ClN2O/c1-17(2,3)19-10-14-6-5-7-15(18)16(14)20(4)11-13-8-9-21-12-13/h5-9,12,19H,10-11H2,1-4H3. The normalized spacial score (nSPS) is 11.7. The minimum atomic E-state index is 0.0721. The van der Waals surface area contributed by atoms with Crippen LogP contribution in [0.3, 0.4) is 0 Å². The lowest BCUT2D eigenvalue weighted by atomic mass is 10.1. The van der Waals surface area contributed by atoms with Crippen LogP contribution in [0.2, 0.25) is 5.02 Å². The van der Waals surface area contributed by atoms with E-state index >= 15 is 0 Å². The number of furan rings is 1. The van der Waals surface area contributed by atoms with Crippen LogP contribution in [0.1, 0.15) is 31.9 Å². The Balaban J connectivity index is 2.20. The molecule has 0 spiro atoms. The molecular formula is C17H23ClN2O. The predicted molar refractivity (Wildman–Crippen MR) is 88.9 cm³/mol. The van der Waals surface area contributed by atoms with Gasteiger partial charge < -0.3 is 14.6 Å². The van der Waals surface area contributed by atoms with Crippen molar-refractivity contribution in [2.24, 2.45) is 0 Å². The van der Waals surface area contributed by atoms with Crippen molar-refractivity contribution in [3.05, 3.63) is 52.9 Å². The molecule has 2 aromatic rings. The summed E-state index contributed by atoms with van der Waals surface area (Å²) < 4.78 is 5.13. The first-order valence-electron chi connectivity index (χ1n) is 7.11. The molecule has 0 aliphatic heterocycles. The summed E-state index contributed by atoms with van der Waals surface area (Å²) in [6.45, 7) is 8.03. The van der Waals surface area contributed by atoms with Gasteiger partial charge in [0.25, 0.3) is 0 Å². The molecule has 1 aromatic heterocycles. The van der Waals surface area contributed by atoms with Crippen LogP contribution in [-0.2, 0) is 13.1 Å². The van der Waals surface area contributed by atoms with Crippen molar-refractivity contribution >= 4 is 17.3 Å². The van der Waals surface area contributed by atoms with Gasteiger partial charge in [-0.05, 0) is 38.5 Å². The fourth-order valence-electron chi connectivity index (χ4n) is 2.23. The highest BCUT2D eigenvalue weighted by atomic mass is 35.5. The van der Waals surface area contributed by atoms with E-state index in [4.69, 9.17) is 16.0 Å². The zero-order valence-corrected chi connectivity index (χ0v) is 13.9. The number of nitrogens with zero attached hydrogens (tertiary/aromatic N) is 1. The van der Waals surface area contributed by atoms with Crippen molar-refractivity contribution in [1.82, 2.24) is 5.32 Å². The molecule has 0 radical (unpaired) electrons. The van der Waals surface area contributed by atoms with Gasteiger partial charge in [0.1, 0.15) is 0 Å². The van der Waals surface area contributed by atoms with Crippen LogP contribution < -0.4 is 10.2 Å². The van der Waals surface area contributed by atoms with Gasteiger partial charge in [-0.25, -0.2) is 0 Å². The second-order valence-corrected chi connectivity index (χ2v) is 6.75. The maximum atomic E-state index is 6.42. The Hall–Kier alpha value is -1.45. The molecule has 2 rings (SSSR count). The summed E-state index contributed by atoms with van der Waals surface area (Å²) in [6, 6.07) is 8.02. The number of nitrogens with one attached hydrogen (secondary N) is 1. The molecule has 0 atom stereocenters. The van der Waals surface area contributed by atoms with Gasteiger partial charge in [-0.3, -0.25) is 0 Å². The third-order valence-electron chi connectivity index (χ3n) is 3.26. The zero-order valence-electron chi connectivity index (χ0n) is 13.1. The quantitative estimate of drug-likeness (QED) is 0.884. The lowest BCUT2D eigenvalue weighted by molar-refractivity contribution is 0.424. The molecule has 0 bridgehead atoms. The van der Waals surface area contributed by atoms with Gasteiger partial charge in [0.15, 0.2) is 0 Å². The summed E-state index contributed by atoms with van der Waals surface area (Å²) in [5.41, 5.74) is 3.47. The molecule has 0 saturated heterocycles. The first-order valence-corrected chi connectivity index (χ1v) is 7.49. The van der Waals surface area contributed by atoms with Crippen LogP contribution in [0.4, 0.5) is 5.69 Å². The third kappa shape index (κ3) is 4.51. The van der Waals surface area contributed by atoms with Gasteiger partial charge in [-0.2, -0.15) is 0 Å². The topological polar surface area (TPSA) is 28.4 Å². The lowest BCUT2D eigenvalue weighted by Crippen LogP contribution is -2.35. The molecule has 0 fully saturated rings. The van der Waals surface area contributed by atoms with Crippen LogP contribution in [0.5, 0.6) is 0 Å². The van der Waals surface area contributed by atoms with Crippen LogP contribution in [-0.4, -0.2) is 12.6 Å². The highest BCUT2D eigenvalue weighted by molar-refractivity contribution is 6.33. The summed E-state index contributed by atoms with van der Waals surface area (Å²) in [6.07, 6.45) is 3.46. The van der Waals surface area contributed by atoms with Gasteiger partial charge in [-0.1, -0.05) is 23.7 Å². The van der Waals surface area contributed by atoms with Crippen molar-refractivity contribution in [2.75, 3.05) is 11.9 Å². The van der Waals surface area contributed by atoms with E-state index in [1.807, 2.05) is 18.2 Å². The molecule has 0 unspecified atom stereocenters. The van der Waals surface area contributed by atoms with E-state index in [1.165, 1.54) is 5.56 Å². The van der Waals surface area contributed by atoms with Crippen molar-refractivity contribution in [3.8, 4) is 0 Å². The Morgan fingerprint density at radius 2 is 2.00 bits per heavy atom. The van der Waals surface area contributed by atoms with Crippen LogP contribution in [0.25, 0.3) is 0 Å². The number of hydrogen-bond acceptors (Lipinski definition) is 3. The van der Waals surface area contributed by atoms with Crippen LogP contribution in [0, 0.1) is 0 Å². The van der Waals surface area contributed by atoms with Crippen molar-refractivity contribution in [3.63, 3.8) is 0 Å². The largest absolute Gasteiger partial charge is 0.472 e. The average Bonchev–Trinajstić information content (AvgIpc) is 2.88. The van der Waals surface area contributed by atoms with Gasteiger partial charge in [0, 0.05) is 31.2 Å². The second-order valence-electron chi connectivity index (χ2n) is 6.34. The fraction of sp³-hybridized carbons (Fsp3) is 0.412. The fourth-order valence-corrected chi connectivity index (χ4v) is 2.56. The molecule has 21 heavy (non-hydrogen) atoms. The second kappa shape index (κ2) is 6.54. The van der Waals surface area contributed by atoms with E-state index in [0.717, 1.165) is 29.4 Å². The molecule has 0 saturated carbocycles. The number of hydrogen-bond donors (Lipinski definition) is 1. The predicted octanol–water partition coefficient (Wildman–Crippen LogP) is 4.46. The van der Waals surface area contributed by atoms with Crippen LogP contribution in [0.15, 0.2) is 41.2 Å². The van der Waals surface area contributed by atoms with E-state index in [2.05, 4.69) is 44.1 Å². The van der Waals surface area contributed by atoms with E-state index in [0.29, 0.717) is 0 Å². The van der Waals surface area contributed by atoms with Gasteiger partial charge >= 0.3 is 0 Å². The van der Waals surface area contributed by atoms with E-state index in [-0.39, 0.29) is 5.54 Å². The number of benzene rings is 1. The van der Waals surface area contributed by atoms with Crippen molar-refractivity contribution in [2.45, 2.75) is 39.4 Å². The molecular weight excluding hydrogens is 284 g/mol. The Morgan fingerprint density at radius 3 is 2.62 bits per heavy atom. The summed E-state index contributed by atoms with van der Waals surface area (Å²) in [4.78, 5) is 2.16.